The van der Waals surface area contributed by atoms with Gasteiger partial charge in [0.05, 0.1) is 0 Å². The van der Waals surface area contributed by atoms with Crippen LogP contribution in [0.1, 0.15) is 12.5 Å². The molecule has 0 aromatic heterocycles. The van der Waals surface area contributed by atoms with Gasteiger partial charge in [-0.2, -0.15) is 0 Å². The van der Waals surface area contributed by atoms with Crippen molar-refractivity contribution in [2.24, 2.45) is 0 Å². The molecule has 0 aliphatic carbocycles. The second-order valence-electron chi connectivity index (χ2n) is 3.81. The van der Waals surface area contributed by atoms with Crippen molar-refractivity contribution in [1.82, 2.24) is 5.32 Å². The highest BCUT2D eigenvalue weighted by molar-refractivity contribution is 9.10. The van der Waals surface area contributed by atoms with Crippen molar-refractivity contribution in [1.29, 1.82) is 0 Å². The van der Waals surface area contributed by atoms with Crippen molar-refractivity contribution in [3.63, 3.8) is 0 Å². The van der Waals surface area contributed by atoms with E-state index in [1.54, 1.807) is 0 Å². The minimum Gasteiger partial charge on any atom is -0.305 e. The molecule has 1 N–H and O–H groups in total. The molecular formula is C11H14BrCl2N. The lowest BCUT2D eigenvalue weighted by molar-refractivity contribution is 0.435. The standard InChI is InChI=1S/C11H14BrCl2N/c1-11(7-13,8-14)15-6-9-3-2-4-10(12)5-9/h2-5,15H,6-8H2,1H3. The van der Waals surface area contributed by atoms with Gasteiger partial charge in [-0.25, -0.2) is 0 Å². The molecule has 1 aromatic rings. The van der Waals surface area contributed by atoms with Gasteiger partial charge in [0.1, 0.15) is 0 Å². The van der Waals surface area contributed by atoms with Crippen molar-refractivity contribution >= 4 is 39.1 Å². The van der Waals surface area contributed by atoms with Gasteiger partial charge in [-0.1, -0.05) is 28.1 Å². The molecule has 0 saturated heterocycles. The maximum absolute atomic E-state index is 5.85. The van der Waals surface area contributed by atoms with Crippen LogP contribution in [0.2, 0.25) is 0 Å². The Balaban J connectivity index is 2.56. The van der Waals surface area contributed by atoms with Crippen LogP contribution >= 0.6 is 39.1 Å². The SMILES string of the molecule is CC(CCl)(CCl)NCc1cccc(Br)c1. The molecule has 0 spiro atoms. The summed E-state index contributed by atoms with van der Waals surface area (Å²) in [4.78, 5) is 0. The third kappa shape index (κ3) is 4.31. The summed E-state index contributed by atoms with van der Waals surface area (Å²) in [5.74, 6) is 1.01. The molecule has 0 heterocycles. The molecule has 0 radical (unpaired) electrons. The number of alkyl halides is 2. The maximum atomic E-state index is 5.85. The number of nitrogens with one attached hydrogen (secondary N) is 1. The monoisotopic (exact) mass is 309 g/mol. The molecule has 0 aliphatic heterocycles. The molecule has 0 saturated carbocycles. The van der Waals surface area contributed by atoms with E-state index < -0.39 is 0 Å². The fourth-order valence-corrected chi connectivity index (χ4v) is 2.01. The summed E-state index contributed by atoms with van der Waals surface area (Å²) < 4.78 is 1.08. The summed E-state index contributed by atoms with van der Waals surface area (Å²) in [6.07, 6.45) is 0. The zero-order valence-corrected chi connectivity index (χ0v) is 11.7. The van der Waals surface area contributed by atoms with Gasteiger partial charge in [-0.15, -0.1) is 23.2 Å². The van der Waals surface area contributed by atoms with E-state index in [-0.39, 0.29) is 5.54 Å². The first-order chi connectivity index (χ1) is 7.09. The summed E-state index contributed by atoms with van der Waals surface area (Å²) >= 11 is 15.1. The molecule has 15 heavy (non-hydrogen) atoms. The van der Waals surface area contributed by atoms with Gasteiger partial charge in [-0.3, -0.25) is 0 Å². The lowest BCUT2D eigenvalue weighted by Gasteiger charge is -2.26. The highest BCUT2D eigenvalue weighted by Crippen LogP contribution is 2.14. The number of halogens is 3. The fraction of sp³-hybridized carbons (Fsp3) is 0.455. The van der Waals surface area contributed by atoms with Gasteiger partial charge in [0, 0.05) is 28.3 Å². The van der Waals surface area contributed by atoms with Crippen molar-refractivity contribution in [2.45, 2.75) is 19.0 Å². The lowest BCUT2D eigenvalue weighted by atomic mass is 10.1. The summed E-state index contributed by atoms with van der Waals surface area (Å²) in [5.41, 5.74) is 1.01. The van der Waals surface area contributed by atoms with Gasteiger partial charge in [-0.05, 0) is 24.6 Å². The van der Waals surface area contributed by atoms with Gasteiger partial charge in [0.15, 0.2) is 0 Å². The molecule has 0 unspecified atom stereocenters. The predicted octanol–water partition coefficient (Wildman–Crippen LogP) is 3.78. The maximum Gasteiger partial charge on any atom is 0.0427 e. The van der Waals surface area contributed by atoms with E-state index in [4.69, 9.17) is 23.2 Å². The van der Waals surface area contributed by atoms with Crippen LogP contribution in [0.15, 0.2) is 28.7 Å². The fourth-order valence-electron chi connectivity index (χ4n) is 1.09. The molecule has 0 fully saturated rings. The van der Waals surface area contributed by atoms with Crippen LogP contribution in [0, 0.1) is 0 Å². The zero-order valence-electron chi connectivity index (χ0n) is 8.56. The second-order valence-corrected chi connectivity index (χ2v) is 5.26. The third-order valence-electron chi connectivity index (χ3n) is 2.20. The number of hydrogen-bond acceptors (Lipinski definition) is 1. The molecule has 0 bridgehead atoms. The summed E-state index contributed by atoms with van der Waals surface area (Å²) in [6, 6.07) is 8.17. The Morgan fingerprint density at radius 3 is 2.53 bits per heavy atom. The van der Waals surface area contributed by atoms with Crippen LogP contribution < -0.4 is 5.32 Å². The molecule has 0 amide bonds. The number of rotatable bonds is 5. The Labute approximate surface area is 109 Å². The van der Waals surface area contributed by atoms with E-state index in [9.17, 15) is 0 Å². The van der Waals surface area contributed by atoms with E-state index in [2.05, 4.69) is 33.4 Å². The van der Waals surface area contributed by atoms with Gasteiger partial charge >= 0.3 is 0 Å². The minimum absolute atomic E-state index is 0.203. The average Bonchev–Trinajstić information content (AvgIpc) is 2.26. The molecule has 1 aromatic carbocycles. The van der Waals surface area contributed by atoms with Gasteiger partial charge in [0.2, 0.25) is 0 Å². The molecule has 0 aliphatic rings. The van der Waals surface area contributed by atoms with Crippen LogP contribution in [-0.4, -0.2) is 17.3 Å². The first-order valence-electron chi connectivity index (χ1n) is 4.71. The molecule has 1 nitrogen and oxygen atoms in total. The number of hydrogen-bond donors (Lipinski definition) is 1. The van der Waals surface area contributed by atoms with Crippen LogP contribution in [0.4, 0.5) is 0 Å². The van der Waals surface area contributed by atoms with Crippen LogP contribution in [0.3, 0.4) is 0 Å². The second kappa shape index (κ2) is 6.09. The molecule has 4 heteroatoms. The highest BCUT2D eigenvalue weighted by Gasteiger charge is 2.20. The quantitative estimate of drug-likeness (QED) is 0.816. The Kier molecular flexibility index (Phi) is 5.41. The summed E-state index contributed by atoms with van der Waals surface area (Å²) in [6.45, 7) is 2.79. The third-order valence-corrected chi connectivity index (χ3v) is 3.87. The molecule has 1 rings (SSSR count). The Hall–Kier alpha value is 0.240. The first kappa shape index (κ1) is 13.3. The first-order valence-corrected chi connectivity index (χ1v) is 6.57. The van der Waals surface area contributed by atoms with E-state index in [0.717, 1.165) is 11.0 Å². The summed E-state index contributed by atoms with van der Waals surface area (Å²) in [5, 5.41) is 3.35. The van der Waals surface area contributed by atoms with E-state index in [1.807, 2.05) is 19.1 Å². The largest absolute Gasteiger partial charge is 0.305 e. The van der Waals surface area contributed by atoms with E-state index in [0.29, 0.717) is 11.8 Å². The molecular weight excluding hydrogens is 297 g/mol. The molecule has 84 valence electrons. The van der Waals surface area contributed by atoms with E-state index in [1.165, 1.54) is 5.56 Å². The summed E-state index contributed by atoms with van der Waals surface area (Å²) in [7, 11) is 0. The van der Waals surface area contributed by atoms with Crippen molar-refractivity contribution in [3.05, 3.63) is 34.3 Å². The smallest absolute Gasteiger partial charge is 0.0427 e. The van der Waals surface area contributed by atoms with Crippen LogP contribution in [-0.2, 0) is 6.54 Å². The predicted molar refractivity (Wildman–Crippen MR) is 70.8 cm³/mol. The van der Waals surface area contributed by atoms with Crippen molar-refractivity contribution < 1.29 is 0 Å². The Bertz CT molecular complexity index is 313. The van der Waals surface area contributed by atoms with E-state index >= 15 is 0 Å². The highest BCUT2D eigenvalue weighted by atomic mass is 79.9. The lowest BCUT2D eigenvalue weighted by Crippen LogP contribution is -2.45. The topological polar surface area (TPSA) is 12.0 Å². The van der Waals surface area contributed by atoms with Crippen molar-refractivity contribution in [2.75, 3.05) is 11.8 Å². The normalized spacial score (nSPS) is 11.7. The number of benzene rings is 1. The van der Waals surface area contributed by atoms with Crippen LogP contribution in [0.5, 0.6) is 0 Å². The minimum atomic E-state index is -0.203. The van der Waals surface area contributed by atoms with Gasteiger partial charge < -0.3 is 5.32 Å². The Morgan fingerprint density at radius 2 is 2.00 bits per heavy atom. The molecule has 0 atom stereocenters. The average molecular weight is 311 g/mol. The zero-order chi connectivity index (χ0) is 11.3. The van der Waals surface area contributed by atoms with Crippen molar-refractivity contribution in [3.8, 4) is 0 Å². The van der Waals surface area contributed by atoms with Crippen LogP contribution in [0.25, 0.3) is 0 Å². The Morgan fingerprint density at radius 1 is 1.33 bits per heavy atom. The van der Waals surface area contributed by atoms with Gasteiger partial charge in [0.25, 0.3) is 0 Å².